The Morgan fingerprint density at radius 2 is 1.83 bits per heavy atom. The van der Waals surface area contributed by atoms with Crippen LogP contribution < -0.4 is 15.1 Å². The van der Waals surface area contributed by atoms with Crippen LogP contribution in [0.3, 0.4) is 0 Å². The van der Waals surface area contributed by atoms with Gasteiger partial charge in [0.05, 0.1) is 6.21 Å². The minimum atomic E-state index is -0.297. The van der Waals surface area contributed by atoms with E-state index in [-0.39, 0.29) is 12.5 Å². The molecule has 2 rings (SSSR count). The third kappa shape index (κ3) is 5.12. The van der Waals surface area contributed by atoms with E-state index in [1.165, 1.54) is 5.56 Å². The van der Waals surface area contributed by atoms with Crippen LogP contribution >= 0.6 is 0 Å². The van der Waals surface area contributed by atoms with Crippen LogP contribution in [0, 0.1) is 13.8 Å². The third-order valence-electron chi connectivity index (χ3n) is 3.66. The number of rotatable bonds is 6. The summed E-state index contributed by atoms with van der Waals surface area (Å²) in [5.41, 5.74) is 6.80. The van der Waals surface area contributed by atoms with Gasteiger partial charge in [-0.2, -0.15) is 5.10 Å². The Morgan fingerprint density at radius 3 is 2.46 bits per heavy atom. The molecule has 0 aliphatic carbocycles. The standard InChI is InChI=1S/C19H23N3O2/c1-14-5-10-18(11-15(14)2)24-13-19(23)21-20-12-16-6-8-17(9-7-16)22(3)4/h5-12H,13H2,1-4H3,(H,21,23). The number of benzene rings is 2. The molecule has 24 heavy (non-hydrogen) atoms. The summed E-state index contributed by atoms with van der Waals surface area (Å²) in [6, 6.07) is 13.6. The molecule has 0 aliphatic rings. The molecular weight excluding hydrogens is 302 g/mol. The number of anilines is 1. The van der Waals surface area contributed by atoms with Crippen molar-refractivity contribution in [3.63, 3.8) is 0 Å². The van der Waals surface area contributed by atoms with E-state index in [0.29, 0.717) is 5.75 Å². The van der Waals surface area contributed by atoms with Crippen molar-refractivity contribution in [1.29, 1.82) is 0 Å². The van der Waals surface area contributed by atoms with Gasteiger partial charge in [0, 0.05) is 19.8 Å². The van der Waals surface area contributed by atoms with E-state index in [9.17, 15) is 4.79 Å². The van der Waals surface area contributed by atoms with Crippen LogP contribution in [0.25, 0.3) is 0 Å². The lowest BCUT2D eigenvalue weighted by atomic mass is 10.1. The van der Waals surface area contributed by atoms with Gasteiger partial charge in [0.2, 0.25) is 0 Å². The predicted molar refractivity (Wildman–Crippen MR) is 97.9 cm³/mol. The highest BCUT2D eigenvalue weighted by Crippen LogP contribution is 2.16. The van der Waals surface area contributed by atoms with Gasteiger partial charge in [-0.3, -0.25) is 4.79 Å². The van der Waals surface area contributed by atoms with E-state index < -0.39 is 0 Å². The Hall–Kier alpha value is -2.82. The van der Waals surface area contributed by atoms with E-state index in [4.69, 9.17) is 4.74 Å². The molecule has 0 radical (unpaired) electrons. The highest BCUT2D eigenvalue weighted by atomic mass is 16.5. The maximum absolute atomic E-state index is 11.7. The highest BCUT2D eigenvalue weighted by molar-refractivity contribution is 5.83. The molecule has 2 aromatic carbocycles. The van der Waals surface area contributed by atoms with Crippen molar-refractivity contribution >= 4 is 17.8 Å². The van der Waals surface area contributed by atoms with E-state index >= 15 is 0 Å². The zero-order chi connectivity index (χ0) is 17.5. The molecule has 0 fully saturated rings. The first kappa shape index (κ1) is 17.5. The van der Waals surface area contributed by atoms with Crippen molar-refractivity contribution in [2.75, 3.05) is 25.6 Å². The zero-order valence-electron chi connectivity index (χ0n) is 14.5. The van der Waals surface area contributed by atoms with Gasteiger partial charge in [0.25, 0.3) is 5.91 Å². The Bertz CT molecular complexity index is 722. The number of hydrazone groups is 1. The second-order valence-corrected chi connectivity index (χ2v) is 5.81. The highest BCUT2D eigenvalue weighted by Gasteiger charge is 2.02. The van der Waals surface area contributed by atoms with Gasteiger partial charge in [0.1, 0.15) is 5.75 Å². The van der Waals surface area contributed by atoms with Crippen molar-refractivity contribution in [2.24, 2.45) is 5.10 Å². The lowest BCUT2D eigenvalue weighted by molar-refractivity contribution is -0.123. The van der Waals surface area contributed by atoms with Crippen LogP contribution in [0.2, 0.25) is 0 Å². The fraction of sp³-hybridized carbons (Fsp3) is 0.263. The summed E-state index contributed by atoms with van der Waals surface area (Å²) in [6.45, 7) is 3.97. The molecule has 0 spiro atoms. The first-order valence-corrected chi connectivity index (χ1v) is 7.75. The average Bonchev–Trinajstić information content (AvgIpc) is 2.56. The molecule has 2 aromatic rings. The molecule has 0 atom stereocenters. The van der Waals surface area contributed by atoms with Gasteiger partial charge < -0.3 is 9.64 Å². The van der Waals surface area contributed by atoms with E-state index in [1.54, 1.807) is 6.21 Å². The van der Waals surface area contributed by atoms with Crippen molar-refractivity contribution < 1.29 is 9.53 Å². The first-order valence-electron chi connectivity index (χ1n) is 7.75. The van der Waals surface area contributed by atoms with Gasteiger partial charge in [-0.15, -0.1) is 0 Å². The quantitative estimate of drug-likeness (QED) is 0.656. The van der Waals surface area contributed by atoms with Gasteiger partial charge >= 0.3 is 0 Å². The van der Waals surface area contributed by atoms with Gasteiger partial charge in [-0.25, -0.2) is 5.43 Å². The van der Waals surface area contributed by atoms with Crippen molar-refractivity contribution in [2.45, 2.75) is 13.8 Å². The van der Waals surface area contributed by atoms with Gasteiger partial charge in [-0.05, 0) is 54.8 Å². The van der Waals surface area contributed by atoms with Crippen molar-refractivity contribution in [3.8, 4) is 5.75 Å². The molecule has 5 heteroatoms. The van der Waals surface area contributed by atoms with Crippen LogP contribution in [0.1, 0.15) is 16.7 Å². The number of amides is 1. The van der Waals surface area contributed by atoms with E-state index in [0.717, 1.165) is 16.8 Å². The molecule has 0 unspecified atom stereocenters. The summed E-state index contributed by atoms with van der Waals surface area (Å²) in [5, 5.41) is 3.94. The van der Waals surface area contributed by atoms with E-state index in [2.05, 4.69) is 10.5 Å². The molecule has 0 aliphatic heterocycles. The summed E-state index contributed by atoms with van der Waals surface area (Å²) in [6.07, 6.45) is 1.60. The molecule has 0 heterocycles. The number of carbonyl (C=O) groups is 1. The summed E-state index contributed by atoms with van der Waals surface area (Å²) in [5.74, 6) is 0.380. The van der Waals surface area contributed by atoms with Gasteiger partial charge in [0.15, 0.2) is 6.61 Å². The number of nitrogens with one attached hydrogen (secondary N) is 1. The lowest BCUT2D eigenvalue weighted by Gasteiger charge is -2.11. The van der Waals surface area contributed by atoms with Crippen LogP contribution in [0.4, 0.5) is 5.69 Å². The molecule has 1 N–H and O–H groups in total. The third-order valence-corrected chi connectivity index (χ3v) is 3.66. The maximum atomic E-state index is 11.7. The number of carbonyl (C=O) groups excluding carboxylic acids is 1. The number of hydrogen-bond acceptors (Lipinski definition) is 4. The fourth-order valence-corrected chi connectivity index (χ4v) is 2.02. The molecule has 0 saturated carbocycles. The Kier molecular flexibility index (Phi) is 5.95. The summed E-state index contributed by atoms with van der Waals surface area (Å²) in [7, 11) is 3.97. The summed E-state index contributed by atoms with van der Waals surface area (Å²) in [4.78, 5) is 13.8. The minimum Gasteiger partial charge on any atom is -0.484 e. The molecule has 0 aromatic heterocycles. The van der Waals surface area contributed by atoms with Gasteiger partial charge in [-0.1, -0.05) is 18.2 Å². The van der Waals surface area contributed by atoms with Crippen LogP contribution in [-0.2, 0) is 4.79 Å². The zero-order valence-corrected chi connectivity index (χ0v) is 14.5. The summed E-state index contributed by atoms with van der Waals surface area (Å²) >= 11 is 0. The van der Waals surface area contributed by atoms with Crippen LogP contribution in [0.15, 0.2) is 47.6 Å². The predicted octanol–water partition coefficient (Wildman–Crippen LogP) is 2.90. The Morgan fingerprint density at radius 1 is 1.12 bits per heavy atom. The molecule has 5 nitrogen and oxygen atoms in total. The van der Waals surface area contributed by atoms with Crippen molar-refractivity contribution in [1.82, 2.24) is 5.43 Å². The molecule has 1 amide bonds. The summed E-state index contributed by atoms with van der Waals surface area (Å²) < 4.78 is 5.46. The SMILES string of the molecule is Cc1ccc(OCC(=O)NN=Cc2ccc(N(C)C)cc2)cc1C. The second kappa shape index (κ2) is 8.15. The second-order valence-electron chi connectivity index (χ2n) is 5.81. The first-order chi connectivity index (χ1) is 11.5. The Balaban J connectivity index is 1.80. The molecular formula is C19H23N3O2. The lowest BCUT2D eigenvalue weighted by Crippen LogP contribution is -2.24. The number of ether oxygens (including phenoxy) is 1. The normalized spacial score (nSPS) is 10.7. The van der Waals surface area contributed by atoms with E-state index in [1.807, 2.05) is 75.3 Å². The maximum Gasteiger partial charge on any atom is 0.277 e. The van der Waals surface area contributed by atoms with Crippen LogP contribution in [0.5, 0.6) is 5.75 Å². The smallest absolute Gasteiger partial charge is 0.277 e. The average molecular weight is 325 g/mol. The number of aryl methyl sites for hydroxylation is 2. The minimum absolute atomic E-state index is 0.0700. The number of hydrogen-bond donors (Lipinski definition) is 1. The number of nitrogens with zero attached hydrogens (tertiary/aromatic N) is 2. The fourth-order valence-electron chi connectivity index (χ4n) is 2.02. The molecule has 126 valence electrons. The molecule has 0 saturated heterocycles. The molecule has 0 bridgehead atoms. The topological polar surface area (TPSA) is 53.9 Å². The largest absolute Gasteiger partial charge is 0.484 e. The monoisotopic (exact) mass is 325 g/mol. The Labute approximate surface area is 142 Å². The van der Waals surface area contributed by atoms with Crippen molar-refractivity contribution in [3.05, 3.63) is 59.2 Å². The van der Waals surface area contributed by atoms with Crippen LogP contribution in [-0.4, -0.2) is 32.8 Å².